The second-order valence-electron chi connectivity index (χ2n) is 4.55. The molecule has 0 heteroatoms. The van der Waals surface area contributed by atoms with Gasteiger partial charge in [-0.1, -0.05) is 37.3 Å². The van der Waals surface area contributed by atoms with E-state index in [4.69, 9.17) is 0 Å². The molecule has 3 aliphatic carbocycles. The normalized spacial score (nSPS) is 35.8. The van der Waals surface area contributed by atoms with Crippen LogP contribution in [-0.4, -0.2) is 0 Å². The Labute approximate surface area is 100 Å². The Hall–Kier alpha value is -1.04. The van der Waals surface area contributed by atoms with Gasteiger partial charge in [-0.3, -0.25) is 0 Å². The zero-order valence-electron chi connectivity index (χ0n) is 10.4. The molecule has 4 atom stereocenters. The van der Waals surface area contributed by atoms with Gasteiger partial charge >= 0.3 is 0 Å². The molecule has 0 aliphatic heterocycles. The molecule has 3 aliphatic rings. The average Bonchev–Trinajstić information content (AvgIpc) is 3.04. The molecule has 3 rings (SSSR count). The quantitative estimate of drug-likeness (QED) is 0.554. The van der Waals surface area contributed by atoms with Gasteiger partial charge in [0.15, 0.2) is 0 Å². The van der Waals surface area contributed by atoms with E-state index in [0.717, 1.165) is 30.1 Å². The molecule has 0 heterocycles. The lowest BCUT2D eigenvalue weighted by Gasteiger charge is -2.18. The highest BCUT2D eigenvalue weighted by Crippen LogP contribution is 2.52. The number of fused-ring (bicyclic) bond motifs is 5. The first-order valence-electron chi connectivity index (χ1n) is 6.32. The Balaban J connectivity index is 0.000000186. The average molecular weight is 216 g/mol. The van der Waals surface area contributed by atoms with Crippen LogP contribution in [0.15, 0.2) is 50.1 Å². The number of allylic oxidation sites excluding steroid dienone is 5. The molecular formula is C16H24. The van der Waals surface area contributed by atoms with Gasteiger partial charge in [-0.25, -0.2) is 0 Å². The second-order valence-corrected chi connectivity index (χ2v) is 4.55. The van der Waals surface area contributed by atoms with Crippen LogP contribution in [-0.2, 0) is 0 Å². The Morgan fingerprint density at radius 2 is 1.81 bits per heavy atom. The Morgan fingerprint density at radius 1 is 1.19 bits per heavy atom. The predicted molar refractivity (Wildman–Crippen MR) is 73.2 cm³/mol. The van der Waals surface area contributed by atoms with Gasteiger partial charge in [0.2, 0.25) is 0 Å². The highest BCUT2D eigenvalue weighted by atomic mass is 14.5. The summed E-state index contributed by atoms with van der Waals surface area (Å²) in [4.78, 5) is 0. The van der Waals surface area contributed by atoms with Crippen molar-refractivity contribution in [2.75, 3.05) is 0 Å². The summed E-state index contributed by atoms with van der Waals surface area (Å²) in [5, 5.41) is 0. The molecule has 0 N–H and O–H groups in total. The van der Waals surface area contributed by atoms with E-state index in [0.29, 0.717) is 0 Å². The third-order valence-electron chi connectivity index (χ3n) is 3.74. The molecule has 0 aromatic carbocycles. The van der Waals surface area contributed by atoms with Gasteiger partial charge < -0.3 is 0 Å². The molecule has 16 heavy (non-hydrogen) atoms. The molecule has 0 amide bonds. The van der Waals surface area contributed by atoms with Gasteiger partial charge in [-0.15, -0.1) is 19.7 Å². The SMILES string of the molecule is C1=CC2C3C=CC(C3)C2C1.C=C.C=CCC. The van der Waals surface area contributed by atoms with E-state index in [1.54, 1.807) is 0 Å². The maximum Gasteiger partial charge on any atom is -0.0133 e. The highest BCUT2D eigenvalue weighted by molar-refractivity contribution is 5.21. The van der Waals surface area contributed by atoms with Gasteiger partial charge in [0, 0.05) is 0 Å². The molecule has 0 aromatic rings. The summed E-state index contributed by atoms with van der Waals surface area (Å²) in [6.07, 6.45) is 15.5. The molecule has 2 bridgehead atoms. The maximum atomic E-state index is 3.48. The van der Waals surface area contributed by atoms with E-state index in [2.05, 4.69) is 51.0 Å². The Bertz CT molecular complexity index is 272. The van der Waals surface area contributed by atoms with Crippen LogP contribution in [0.4, 0.5) is 0 Å². The largest absolute Gasteiger partial charge is 0.106 e. The van der Waals surface area contributed by atoms with Crippen molar-refractivity contribution in [2.24, 2.45) is 23.7 Å². The minimum Gasteiger partial charge on any atom is -0.106 e. The van der Waals surface area contributed by atoms with E-state index in [1.165, 1.54) is 12.8 Å². The number of hydrogen-bond donors (Lipinski definition) is 0. The molecule has 4 unspecified atom stereocenters. The van der Waals surface area contributed by atoms with Crippen molar-refractivity contribution in [3.63, 3.8) is 0 Å². The minimum absolute atomic E-state index is 0.925. The van der Waals surface area contributed by atoms with Crippen molar-refractivity contribution in [1.82, 2.24) is 0 Å². The molecule has 0 aromatic heterocycles. The number of hydrogen-bond acceptors (Lipinski definition) is 0. The van der Waals surface area contributed by atoms with E-state index >= 15 is 0 Å². The summed E-state index contributed by atoms with van der Waals surface area (Å²) < 4.78 is 0. The monoisotopic (exact) mass is 216 g/mol. The summed E-state index contributed by atoms with van der Waals surface area (Å²) in [5.74, 6) is 3.82. The van der Waals surface area contributed by atoms with Crippen LogP contribution < -0.4 is 0 Å². The van der Waals surface area contributed by atoms with Gasteiger partial charge in [-0.2, -0.15) is 0 Å². The fourth-order valence-corrected chi connectivity index (χ4v) is 2.97. The number of rotatable bonds is 1. The van der Waals surface area contributed by atoms with Crippen LogP contribution in [0.1, 0.15) is 26.2 Å². The van der Waals surface area contributed by atoms with Gasteiger partial charge in [0.25, 0.3) is 0 Å². The van der Waals surface area contributed by atoms with Gasteiger partial charge in [0.05, 0.1) is 0 Å². The zero-order chi connectivity index (χ0) is 12.0. The van der Waals surface area contributed by atoms with Gasteiger partial charge in [0.1, 0.15) is 0 Å². The Morgan fingerprint density at radius 3 is 2.38 bits per heavy atom. The standard InChI is InChI=1S/C10H12.C4H8.C2H4/c1-2-9-7-4-5-8(6-7)10(9)3-1;1-3-4-2;1-2/h1-2,4-5,7-10H,3,6H2;3H,1,4H2,2H3;1-2H2. The van der Waals surface area contributed by atoms with Crippen molar-refractivity contribution < 1.29 is 0 Å². The summed E-state index contributed by atoms with van der Waals surface area (Å²) in [7, 11) is 0. The lowest BCUT2D eigenvalue weighted by atomic mass is 9.86. The fraction of sp³-hybridized carbons (Fsp3) is 0.500. The van der Waals surface area contributed by atoms with Crippen LogP contribution in [0.25, 0.3) is 0 Å². The van der Waals surface area contributed by atoms with Crippen molar-refractivity contribution in [1.29, 1.82) is 0 Å². The van der Waals surface area contributed by atoms with E-state index < -0.39 is 0 Å². The molecular weight excluding hydrogens is 192 g/mol. The van der Waals surface area contributed by atoms with Crippen LogP contribution in [0.2, 0.25) is 0 Å². The van der Waals surface area contributed by atoms with E-state index in [-0.39, 0.29) is 0 Å². The fourth-order valence-electron chi connectivity index (χ4n) is 2.97. The predicted octanol–water partition coefficient (Wildman–Crippen LogP) is 4.77. The highest BCUT2D eigenvalue weighted by Gasteiger charge is 2.44. The van der Waals surface area contributed by atoms with Gasteiger partial charge in [-0.05, 0) is 42.9 Å². The molecule has 88 valence electrons. The van der Waals surface area contributed by atoms with Crippen LogP contribution in [0, 0.1) is 23.7 Å². The van der Waals surface area contributed by atoms with Crippen LogP contribution >= 0.6 is 0 Å². The molecule has 0 nitrogen and oxygen atoms in total. The molecule has 0 spiro atoms. The third kappa shape index (κ3) is 2.55. The van der Waals surface area contributed by atoms with Crippen LogP contribution in [0.5, 0.6) is 0 Å². The smallest absolute Gasteiger partial charge is 0.0133 e. The molecule has 1 saturated carbocycles. The first-order chi connectivity index (χ1) is 7.86. The van der Waals surface area contributed by atoms with E-state index in [1.807, 2.05) is 6.08 Å². The summed E-state index contributed by atoms with van der Waals surface area (Å²) in [6, 6.07) is 0. The third-order valence-corrected chi connectivity index (χ3v) is 3.74. The first-order valence-corrected chi connectivity index (χ1v) is 6.32. The minimum atomic E-state index is 0.925. The summed E-state index contributed by atoms with van der Waals surface area (Å²) in [6.45, 7) is 11.5. The van der Waals surface area contributed by atoms with E-state index in [9.17, 15) is 0 Å². The van der Waals surface area contributed by atoms with Crippen molar-refractivity contribution in [3.05, 3.63) is 50.1 Å². The Kier molecular flexibility index (Phi) is 5.31. The van der Waals surface area contributed by atoms with Crippen molar-refractivity contribution in [2.45, 2.75) is 26.2 Å². The lowest BCUT2D eigenvalue weighted by Crippen LogP contribution is -2.12. The summed E-state index contributed by atoms with van der Waals surface area (Å²) in [5.41, 5.74) is 0. The maximum absolute atomic E-state index is 3.48. The molecule has 0 saturated heterocycles. The zero-order valence-corrected chi connectivity index (χ0v) is 10.4. The first kappa shape index (κ1) is 13.0. The lowest BCUT2D eigenvalue weighted by molar-refractivity contribution is 0.398. The second kappa shape index (κ2) is 6.52. The van der Waals surface area contributed by atoms with Crippen molar-refractivity contribution >= 4 is 0 Å². The molecule has 1 fully saturated rings. The van der Waals surface area contributed by atoms with Crippen LogP contribution in [0.3, 0.4) is 0 Å². The van der Waals surface area contributed by atoms with Crippen molar-refractivity contribution in [3.8, 4) is 0 Å². The topological polar surface area (TPSA) is 0 Å². The summed E-state index contributed by atoms with van der Waals surface area (Å²) >= 11 is 0. The molecule has 0 radical (unpaired) electrons.